The standard InChI is InChI=1S/C11H17NO4/c1-6-7(8(13)9(14)12(6)5)10(15)16-11(2,3)4/h6,13H,1-5H3. The van der Waals surface area contributed by atoms with Crippen LogP contribution in [0.2, 0.25) is 0 Å². The molecule has 1 atom stereocenters. The van der Waals surface area contributed by atoms with Crippen molar-refractivity contribution in [3.63, 3.8) is 0 Å². The number of likely N-dealkylation sites (N-methyl/N-ethyl adjacent to an activating group) is 1. The van der Waals surface area contributed by atoms with Crippen LogP contribution in [0, 0.1) is 0 Å². The zero-order valence-corrected chi connectivity index (χ0v) is 10.2. The number of nitrogens with zero attached hydrogens (tertiary/aromatic N) is 1. The number of rotatable bonds is 1. The third-order valence-electron chi connectivity index (χ3n) is 2.40. The number of hydrogen-bond donors (Lipinski definition) is 1. The Morgan fingerprint density at radius 1 is 1.44 bits per heavy atom. The van der Waals surface area contributed by atoms with Crippen LogP contribution >= 0.6 is 0 Å². The number of aliphatic hydroxyl groups is 1. The van der Waals surface area contributed by atoms with Crippen LogP contribution in [0.5, 0.6) is 0 Å². The highest BCUT2D eigenvalue weighted by Gasteiger charge is 2.39. The van der Waals surface area contributed by atoms with Gasteiger partial charge in [-0.25, -0.2) is 4.79 Å². The summed E-state index contributed by atoms with van der Waals surface area (Å²) in [5, 5.41) is 9.55. The third-order valence-corrected chi connectivity index (χ3v) is 2.40. The summed E-state index contributed by atoms with van der Waals surface area (Å²) < 4.78 is 5.12. The summed E-state index contributed by atoms with van der Waals surface area (Å²) in [7, 11) is 1.53. The minimum atomic E-state index is -0.645. The first-order valence-electron chi connectivity index (χ1n) is 5.09. The van der Waals surface area contributed by atoms with Crippen molar-refractivity contribution in [2.24, 2.45) is 0 Å². The van der Waals surface area contributed by atoms with Crippen molar-refractivity contribution in [2.75, 3.05) is 7.05 Å². The van der Waals surface area contributed by atoms with Gasteiger partial charge in [0.1, 0.15) is 11.2 Å². The molecule has 5 heteroatoms. The van der Waals surface area contributed by atoms with E-state index in [-0.39, 0.29) is 5.57 Å². The number of ether oxygens (including phenoxy) is 1. The first-order valence-corrected chi connectivity index (χ1v) is 5.09. The van der Waals surface area contributed by atoms with Crippen molar-refractivity contribution in [1.82, 2.24) is 4.90 Å². The summed E-state index contributed by atoms with van der Waals surface area (Å²) in [6.45, 7) is 6.86. The Kier molecular flexibility index (Phi) is 2.99. The van der Waals surface area contributed by atoms with Crippen LogP contribution in [0.3, 0.4) is 0 Å². The molecule has 1 rings (SSSR count). The van der Waals surface area contributed by atoms with Gasteiger partial charge in [0.05, 0.1) is 6.04 Å². The molecule has 0 saturated carbocycles. The first-order chi connectivity index (χ1) is 7.15. The van der Waals surface area contributed by atoms with E-state index >= 15 is 0 Å². The molecule has 1 aliphatic rings. The molecule has 0 fully saturated rings. The maximum absolute atomic E-state index is 11.8. The molecule has 0 aromatic rings. The lowest BCUT2D eigenvalue weighted by Crippen LogP contribution is -2.33. The molecule has 0 saturated heterocycles. The summed E-state index contributed by atoms with van der Waals surface area (Å²) in [6.07, 6.45) is 0. The van der Waals surface area contributed by atoms with Crippen LogP contribution in [-0.2, 0) is 14.3 Å². The highest BCUT2D eigenvalue weighted by Crippen LogP contribution is 2.25. The first kappa shape index (κ1) is 12.5. The Bertz CT molecular complexity index is 365. The Labute approximate surface area is 94.7 Å². The van der Waals surface area contributed by atoms with Crippen LogP contribution in [0.15, 0.2) is 11.3 Å². The van der Waals surface area contributed by atoms with Crippen molar-refractivity contribution in [3.8, 4) is 0 Å². The second-order valence-corrected chi connectivity index (χ2v) is 4.86. The van der Waals surface area contributed by atoms with E-state index in [9.17, 15) is 14.7 Å². The largest absolute Gasteiger partial charge is 0.503 e. The summed E-state index contributed by atoms with van der Waals surface area (Å²) in [4.78, 5) is 24.5. The minimum absolute atomic E-state index is 0.0300. The number of amides is 1. The van der Waals surface area contributed by atoms with Crippen molar-refractivity contribution in [1.29, 1.82) is 0 Å². The summed E-state index contributed by atoms with van der Waals surface area (Å²) >= 11 is 0. The van der Waals surface area contributed by atoms with E-state index < -0.39 is 29.3 Å². The van der Waals surface area contributed by atoms with E-state index in [1.165, 1.54) is 11.9 Å². The van der Waals surface area contributed by atoms with E-state index in [0.717, 1.165) is 0 Å². The van der Waals surface area contributed by atoms with Crippen LogP contribution < -0.4 is 0 Å². The Morgan fingerprint density at radius 3 is 2.25 bits per heavy atom. The SMILES string of the molecule is CC1C(C(=O)OC(C)(C)C)=C(O)C(=O)N1C. The van der Waals surface area contributed by atoms with Gasteiger partial charge < -0.3 is 14.7 Å². The second-order valence-electron chi connectivity index (χ2n) is 4.86. The van der Waals surface area contributed by atoms with Crippen molar-refractivity contribution >= 4 is 11.9 Å². The van der Waals surface area contributed by atoms with Crippen LogP contribution in [0.25, 0.3) is 0 Å². The third kappa shape index (κ3) is 2.18. The molecule has 1 amide bonds. The zero-order valence-electron chi connectivity index (χ0n) is 10.2. The topological polar surface area (TPSA) is 66.8 Å². The predicted molar refractivity (Wildman–Crippen MR) is 57.7 cm³/mol. The maximum atomic E-state index is 11.8. The molecular formula is C11H17NO4. The van der Waals surface area contributed by atoms with E-state index in [2.05, 4.69) is 0 Å². The van der Waals surface area contributed by atoms with Gasteiger partial charge in [-0.3, -0.25) is 4.79 Å². The van der Waals surface area contributed by atoms with Gasteiger partial charge in [-0.2, -0.15) is 0 Å². The molecule has 0 aromatic heterocycles. The molecule has 1 unspecified atom stereocenters. The van der Waals surface area contributed by atoms with E-state index in [0.29, 0.717) is 0 Å². The zero-order chi connectivity index (χ0) is 12.7. The van der Waals surface area contributed by atoms with Gasteiger partial charge in [0.2, 0.25) is 0 Å². The summed E-state index contributed by atoms with van der Waals surface area (Å²) in [5.74, 6) is -1.70. The van der Waals surface area contributed by atoms with Crippen molar-refractivity contribution in [2.45, 2.75) is 39.3 Å². The number of esters is 1. The van der Waals surface area contributed by atoms with E-state index in [1.807, 2.05) is 0 Å². The van der Waals surface area contributed by atoms with Crippen LogP contribution in [0.4, 0.5) is 0 Å². The van der Waals surface area contributed by atoms with E-state index in [1.54, 1.807) is 27.7 Å². The van der Waals surface area contributed by atoms with Crippen LogP contribution in [-0.4, -0.2) is 40.6 Å². The van der Waals surface area contributed by atoms with E-state index in [4.69, 9.17) is 4.74 Å². The molecular weight excluding hydrogens is 210 g/mol. The Hall–Kier alpha value is -1.52. The van der Waals surface area contributed by atoms with Crippen LogP contribution in [0.1, 0.15) is 27.7 Å². The fourth-order valence-electron chi connectivity index (χ4n) is 1.45. The van der Waals surface area contributed by atoms with Gasteiger partial charge in [-0.1, -0.05) is 0 Å². The highest BCUT2D eigenvalue weighted by molar-refractivity contribution is 6.05. The molecule has 0 spiro atoms. The summed E-state index contributed by atoms with van der Waals surface area (Å²) in [5.41, 5.74) is -0.615. The number of carbonyl (C=O) groups excluding carboxylic acids is 2. The number of hydrogen-bond acceptors (Lipinski definition) is 4. The fraction of sp³-hybridized carbons (Fsp3) is 0.636. The average molecular weight is 227 g/mol. The number of carbonyl (C=O) groups is 2. The minimum Gasteiger partial charge on any atom is -0.503 e. The van der Waals surface area contributed by atoms with Gasteiger partial charge in [0.15, 0.2) is 5.76 Å². The lowest BCUT2D eigenvalue weighted by atomic mass is 10.1. The molecule has 0 radical (unpaired) electrons. The molecule has 1 N–H and O–H groups in total. The fourth-order valence-corrected chi connectivity index (χ4v) is 1.45. The molecule has 0 aliphatic carbocycles. The Morgan fingerprint density at radius 2 is 1.94 bits per heavy atom. The van der Waals surface area contributed by atoms with Gasteiger partial charge in [0.25, 0.3) is 5.91 Å². The quantitative estimate of drug-likeness (QED) is 0.679. The molecule has 1 aliphatic heterocycles. The van der Waals surface area contributed by atoms with Gasteiger partial charge in [-0.15, -0.1) is 0 Å². The smallest absolute Gasteiger partial charge is 0.340 e. The van der Waals surface area contributed by atoms with Gasteiger partial charge in [-0.05, 0) is 27.7 Å². The summed E-state index contributed by atoms with van der Waals surface area (Å²) in [6, 6.07) is -0.456. The van der Waals surface area contributed by atoms with Gasteiger partial charge >= 0.3 is 5.97 Å². The highest BCUT2D eigenvalue weighted by atomic mass is 16.6. The molecule has 5 nitrogen and oxygen atoms in total. The molecule has 1 heterocycles. The molecule has 16 heavy (non-hydrogen) atoms. The monoisotopic (exact) mass is 227 g/mol. The van der Waals surface area contributed by atoms with Crippen molar-refractivity contribution < 1.29 is 19.4 Å². The molecule has 0 aromatic carbocycles. The van der Waals surface area contributed by atoms with Gasteiger partial charge in [0, 0.05) is 7.05 Å². The molecule has 0 bridgehead atoms. The number of aliphatic hydroxyl groups excluding tert-OH is 1. The predicted octanol–water partition coefficient (Wildman–Crippen LogP) is 1.00. The average Bonchev–Trinajstić information content (AvgIpc) is 2.28. The normalized spacial score (nSPS) is 21.7. The lowest BCUT2D eigenvalue weighted by Gasteiger charge is -2.22. The Balaban J connectivity index is 2.97. The van der Waals surface area contributed by atoms with Crippen molar-refractivity contribution in [3.05, 3.63) is 11.3 Å². The maximum Gasteiger partial charge on any atom is 0.340 e. The molecule has 90 valence electrons. The second kappa shape index (κ2) is 3.81. The lowest BCUT2D eigenvalue weighted by molar-refractivity contribution is -0.150.